The van der Waals surface area contributed by atoms with Crippen LogP contribution in [-0.2, 0) is 6.54 Å². The molecule has 4 heteroatoms. The molecule has 0 atom stereocenters. The van der Waals surface area contributed by atoms with E-state index in [1.54, 1.807) is 0 Å². The third-order valence-electron chi connectivity index (χ3n) is 3.02. The maximum Gasteiger partial charge on any atom is 0.139 e. The van der Waals surface area contributed by atoms with Crippen molar-refractivity contribution in [3.8, 4) is 0 Å². The van der Waals surface area contributed by atoms with Crippen molar-refractivity contribution in [3.63, 3.8) is 0 Å². The van der Waals surface area contributed by atoms with E-state index in [0.717, 1.165) is 18.4 Å². The van der Waals surface area contributed by atoms with Crippen molar-refractivity contribution in [1.29, 1.82) is 0 Å². The Bertz CT molecular complexity index is 343. The van der Waals surface area contributed by atoms with Gasteiger partial charge < -0.3 is 5.43 Å². The molecular weight excluding hydrogens is 212 g/mol. The number of hydrogen-bond acceptors (Lipinski definition) is 4. The summed E-state index contributed by atoms with van der Waals surface area (Å²) in [6, 6.07) is 4.82. The number of pyridine rings is 1. The summed E-state index contributed by atoms with van der Waals surface area (Å²) in [6.07, 6.45) is 4.61. The van der Waals surface area contributed by atoms with E-state index in [4.69, 9.17) is 5.84 Å². The maximum atomic E-state index is 5.30. The fraction of sp³-hybridized carbons (Fsp3) is 0.615. The van der Waals surface area contributed by atoms with E-state index in [1.807, 2.05) is 12.3 Å². The van der Waals surface area contributed by atoms with Crippen molar-refractivity contribution >= 4 is 5.82 Å². The summed E-state index contributed by atoms with van der Waals surface area (Å²) in [5, 5.41) is 0. The lowest BCUT2D eigenvalue weighted by atomic mass is 10.2. The van der Waals surface area contributed by atoms with E-state index in [1.165, 1.54) is 24.9 Å². The van der Waals surface area contributed by atoms with Crippen LogP contribution in [0.5, 0.6) is 0 Å². The SMILES string of the molecule is CC(C)CN(Cc1ccc(NN)nc1)C1CC1. The molecule has 0 amide bonds. The highest BCUT2D eigenvalue weighted by molar-refractivity contribution is 5.33. The molecular formula is C13H22N4. The monoisotopic (exact) mass is 234 g/mol. The minimum Gasteiger partial charge on any atom is -0.308 e. The molecule has 4 nitrogen and oxygen atoms in total. The minimum absolute atomic E-state index is 0.716. The molecule has 1 aromatic rings. The lowest BCUT2D eigenvalue weighted by Crippen LogP contribution is -2.29. The van der Waals surface area contributed by atoms with E-state index in [-0.39, 0.29) is 0 Å². The van der Waals surface area contributed by atoms with Gasteiger partial charge in [0.25, 0.3) is 0 Å². The highest BCUT2D eigenvalue weighted by Gasteiger charge is 2.29. The Labute approximate surface area is 103 Å². The molecule has 0 unspecified atom stereocenters. The summed E-state index contributed by atoms with van der Waals surface area (Å²) in [6.45, 7) is 6.71. The number of nitrogen functional groups attached to an aromatic ring is 1. The predicted octanol–water partition coefficient (Wildman–Crippen LogP) is 1.99. The van der Waals surface area contributed by atoms with Gasteiger partial charge in [0.05, 0.1) is 0 Å². The smallest absolute Gasteiger partial charge is 0.139 e. The van der Waals surface area contributed by atoms with Crippen molar-refractivity contribution in [2.75, 3.05) is 12.0 Å². The fourth-order valence-corrected chi connectivity index (χ4v) is 2.09. The highest BCUT2D eigenvalue weighted by Crippen LogP contribution is 2.28. The third-order valence-corrected chi connectivity index (χ3v) is 3.02. The van der Waals surface area contributed by atoms with Gasteiger partial charge in [-0.3, -0.25) is 4.90 Å². The Hall–Kier alpha value is -1.13. The number of aromatic nitrogens is 1. The van der Waals surface area contributed by atoms with Gasteiger partial charge in [-0.25, -0.2) is 10.8 Å². The molecule has 1 aliphatic carbocycles. The second-order valence-corrected chi connectivity index (χ2v) is 5.25. The molecule has 17 heavy (non-hydrogen) atoms. The van der Waals surface area contributed by atoms with Gasteiger partial charge in [0, 0.05) is 25.3 Å². The number of nitrogens with two attached hydrogens (primary N) is 1. The highest BCUT2D eigenvalue weighted by atomic mass is 15.2. The van der Waals surface area contributed by atoms with Crippen molar-refractivity contribution < 1.29 is 0 Å². The van der Waals surface area contributed by atoms with Crippen LogP contribution in [0.15, 0.2) is 18.3 Å². The van der Waals surface area contributed by atoms with Crippen molar-refractivity contribution in [2.45, 2.75) is 39.3 Å². The van der Waals surface area contributed by atoms with Gasteiger partial charge in [0.15, 0.2) is 0 Å². The van der Waals surface area contributed by atoms with Crippen molar-refractivity contribution in [3.05, 3.63) is 23.9 Å². The zero-order valence-electron chi connectivity index (χ0n) is 10.7. The largest absolute Gasteiger partial charge is 0.308 e. The zero-order valence-corrected chi connectivity index (χ0v) is 10.7. The summed E-state index contributed by atoms with van der Waals surface area (Å²) >= 11 is 0. The topological polar surface area (TPSA) is 54.2 Å². The van der Waals surface area contributed by atoms with E-state index < -0.39 is 0 Å². The first kappa shape index (κ1) is 12.3. The molecule has 1 aliphatic rings. The lowest BCUT2D eigenvalue weighted by Gasteiger charge is -2.24. The van der Waals surface area contributed by atoms with Gasteiger partial charge in [0.1, 0.15) is 5.82 Å². The van der Waals surface area contributed by atoms with Gasteiger partial charge in [-0.15, -0.1) is 0 Å². The molecule has 1 aromatic heterocycles. The first-order chi connectivity index (χ1) is 8.19. The van der Waals surface area contributed by atoms with Crippen LogP contribution in [0.3, 0.4) is 0 Å². The minimum atomic E-state index is 0.716. The molecule has 1 heterocycles. The van der Waals surface area contributed by atoms with Crippen LogP contribution < -0.4 is 11.3 Å². The molecule has 94 valence electrons. The van der Waals surface area contributed by atoms with Crippen LogP contribution in [0.25, 0.3) is 0 Å². The van der Waals surface area contributed by atoms with Gasteiger partial charge in [-0.1, -0.05) is 19.9 Å². The first-order valence-electron chi connectivity index (χ1n) is 6.34. The van der Waals surface area contributed by atoms with Crippen LogP contribution in [0.1, 0.15) is 32.3 Å². The molecule has 0 spiro atoms. The van der Waals surface area contributed by atoms with Crippen LogP contribution in [0.2, 0.25) is 0 Å². The second kappa shape index (κ2) is 5.47. The van der Waals surface area contributed by atoms with Gasteiger partial charge >= 0.3 is 0 Å². The lowest BCUT2D eigenvalue weighted by molar-refractivity contribution is 0.226. The Balaban J connectivity index is 1.96. The van der Waals surface area contributed by atoms with E-state index >= 15 is 0 Å². The molecule has 0 aliphatic heterocycles. The average Bonchev–Trinajstić information content (AvgIpc) is 3.12. The average molecular weight is 234 g/mol. The summed E-state index contributed by atoms with van der Waals surface area (Å²) in [5.74, 6) is 6.74. The number of nitrogens with one attached hydrogen (secondary N) is 1. The predicted molar refractivity (Wildman–Crippen MR) is 70.3 cm³/mol. The third kappa shape index (κ3) is 3.68. The van der Waals surface area contributed by atoms with Crippen LogP contribution in [0.4, 0.5) is 5.82 Å². The standard InChI is InChI=1S/C13H22N4/c1-10(2)8-17(12-4-5-12)9-11-3-6-13(16-14)15-7-11/h3,6-7,10,12H,4-5,8-9,14H2,1-2H3,(H,15,16). The number of anilines is 1. The zero-order chi connectivity index (χ0) is 12.3. The van der Waals surface area contributed by atoms with Crippen LogP contribution in [-0.4, -0.2) is 22.5 Å². The number of hydrazine groups is 1. The van der Waals surface area contributed by atoms with Gasteiger partial charge in [-0.2, -0.15) is 0 Å². The Morgan fingerprint density at radius 1 is 1.47 bits per heavy atom. The second-order valence-electron chi connectivity index (χ2n) is 5.25. The summed E-state index contributed by atoms with van der Waals surface area (Å²) < 4.78 is 0. The van der Waals surface area contributed by atoms with Crippen molar-refractivity contribution in [2.24, 2.45) is 11.8 Å². The first-order valence-corrected chi connectivity index (χ1v) is 6.34. The van der Waals surface area contributed by atoms with E-state index in [9.17, 15) is 0 Å². The molecule has 0 radical (unpaired) electrons. The number of rotatable bonds is 6. The van der Waals surface area contributed by atoms with E-state index in [2.05, 4.69) is 35.2 Å². The Kier molecular flexibility index (Phi) is 3.97. The fourth-order valence-electron chi connectivity index (χ4n) is 2.09. The van der Waals surface area contributed by atoms with Crippen molar-refractivity contribution in [1.82, 2.24) is 9.88 Å². The van der Waals surface area contributed by atoms with Crippen LogP contribution >= 0.6 is 0 Å². The van der Waals surface area contributed by atoms with Gasteiger partial charge in [-0.05, 0) is 30.4 Å². The molecule has 1 saturated carbocycles. The van der Waals surface area contributed by atoms with E-state index in [0.29, 0.717) is 5.92 Å². The van der Waals surface area contributed by atoms with Crippen LogP contribution in [0, 0.1) is 5.92 Å². The summed E-state index contributed by atoms with van der Waals surface area (Å²) in [7, 11) is 0. The Morgan fingerprint density at radius 3 is 2.71 bits per heavy atom. The molecule has 1 fully saturated rings. The number of nitrogens with zero attached hydrogens (tertiary/aromatic N) is 2. The molecule has 0 bridgehead atoms. The summed E-state index contributed by atoms with van der Waals surface area (Å²) in [5.41, 5.74) is 3.81. The quantitative estimate of drug-likeness (QED) is 0.584. The molecule has 2 rings (SSSR count). The van der Waals surface area contributed by atoms with Gasteiger partial charge in [0.2, 0.25) is 0 Å². The molecule has 3 N–H and O–H groups in total. The normalized spacial score (nSPS) is 15.6. The molecule has 0 aromatic carbocycles. The Morgan fingerprint density at radius 2 is 2.24 bits per heavy atom. The summed E-state index contributed by atoms with van der Waals surface area (Å²) in [4.78, 5) is 6.81. The molecule has 0 saturated heterocycles. The maximum absolute atomic E-state index is 5.30. The number of hydrogen-bond donors (Lipinski definition) is 2.